The van der Waals surface area contributed by atoms with Crippen LogP contribution >= 0.6 is 0 Å². The Hall–Kier alpha value is -2.33. The maximum Gasteiger partial charge on any atom is 0.200 e. The van der Waals surface area contributed by atoms with E-state index in [2.05, 4.69) is 5.32 Å². The average molecular weight is 355 g/mol. The smallest absolute Gasteiger partial charge is 0.200 e. The van der Waals surface area contributed by atoms with Crippen molar-refractivity contribution in [3.63, 3.8) is 0 Å². The number of benzene rings is 2. The molecule has 26 heavy (non-hydrogen) atoms. The molecule has 3 N–H and O–H groups in total. The summed E-state index contributed by atoms with van der Waals surface area (Å²) in [6.07, 6.45) is 5.51. The molecule has 2 aromatic carbocycles. The van der Waals surface area contributed by atoms with Gasteiger partial charge in [0, 0.05) is 0 Å². The number of nitrogens with one attached hydrogen (secondary N) is 1. The van der Waals surface area contributed by atoms with Crippen LogP contribution in [0.1, 0.15) is 60.2 Å². The molecule has 0 bridgehead atoms. The number of hydrogen-bond acceptors (Lipinski definition) is 4. The number of rotatable bonds is 4. The number of ketones is 1. The van der Waals surface area contributed by atoms with Crippen LogP contribution in [0.4, 0.5) is 0 Å². The van der Waals surface area contributed by atoms with Crippen molar-refractivity contribution in [3.8, 4) is 11.5 Å². The summed E-state index contributed by atoms with van der Waals surface area (Å²) in [6.45, 7) is 6.33. The lowest BCUT2D eigenvalue weighted by molar-refractivity contribution is 0.103. The molecule has 2 aromatic rings. The molecular formula is C22H29NO3. The number of phenolic OH excluding ortho intramolecular Hbond substituents is 2. The first-order chi connectivity index (χ1) is 12.6. The minimum absolute atomic E-state index is 0.00121. The molecule has 0 spiro atoms. The summed E-state index contributed by atoms with van der Waals surface area (Å²) in [5.41, 5.74) is 1.91. The van der Waals surface area contributed by atoms with Gasteiger partial charge in [-0.3, -0.25) is 4.79 Å². The third kappa shape index (κ3) is 4.85. The van der Waals surface area contributed by atoms with Crippen molar-refractivity contribution in [1.29, 1.82) is 0 Å². The molecule has 0 atom stereocenters. The average Bonchev–Trinajstić information content (AvgIpc) is 2.69. The van der Waals surface area contributed by atoms with Crippen molar-refractivity contribution in [2.24, 2.45) is 0 Å². The first-order valence-corrected chi connectivity index (χ1v) is 9.47. The molecule has 0 amide bonds. The van der Waals surface area contributed by atoms with E-state index in [0.29, 0.717) is 12.8 Å². The van der Waals surface area contributed by atoms with Crippen LogP contribution in [0.25, 0.3) is 0 Å². The van der Waals surface area contributed by atoms with Crippen LogP contribution in [-0.4, -0.2) is 29.1 Å². The SMILES string of the molecule is C1CCNCC1.CCc1cccc(C(=O)c2cccc(CC)c2O)c1O. The van der Waals surface area contributed by atoms with E-state index in [1.54, 1.807) is 36.4 Å². The molecule has 0 aliphatic carbocycles. The van der Waals surface area contributed by atoms with Crippen LogP contribution in [0.5, 0.6) is 11.5 Å². The summed E-state index contributed by atoms with van der Waals surface area (Å²) in [7, 11) is 0. The van der Waals surface area contributed by atoms with E-state index >= 15 is 0 Å². The fraction of sp³-hybridized carbons (Fsp3) is 0.409. The lowest BCUT2D eigenvalue weighted by Gasteiger charge is -2.10. The van der Waals surface area contributed by atoms with Gasteiger partial charge >= 0.3 is 0 Å². The molecule has 1 fully saturated rings. The first kappa shape index (κ1) is 20.0. The summed E-state index contributed by atoms with van der Waals surface area (Å²) in [6, 6.07) is 10.2. The van der Waals surface area contributed by atoms with Crippen LogP contribution < -0.4 is 5.32 Å². The normalized spacial score (nSPS) is 13.6. The predicted molar refractivity (Wildman–Crippen MR) is 105 cm³/mol. The van der Waals surface area contributed by atoms with E-state index in [0.717, 1.165) is 11.1 Å². The largest absolute Gasteiger partial charge is 0.507 e. The highest BCUT2D eigenvalue weighted by molar-refractivity contribution is 6.12. The van der Waals surface area contributed by atoms with E-state index in [-0.39, 0.29) is 28.4 Å². The Labute approximate surface area is 155 Å². The van der Waals surface area contributed by atoms with Gasteiger partial charge in [0.2, 0.25) is 0 Å². The monoisotopic (exact) mass is 355 g/mol. The maximum absolute atomic E-state index is 12.5. The molecule has 0 unspecified atom stereocenters. The summed E-state index contributed by atoms with van der Waals surface area (Å²) in [5, 5.41) is 23.6. The second-order valence-electron chi connectivity index (χ2n) is 6.47. The third-order valence-electron chi connectivity index (χ3n) is 4.70. The molecule has 0 saturated carbocycles. The van der Waals surface area contributed by atoms with Gasteiger partial charge < -0.3 is 15.5 Å². The van der Waals surface area contributed by atoms with Crippen LogP contribution in [0.2, 0.25) is 0 Å². The summed E-state index contributed by atoms with van der Waals surface area (Å²) < 4.78 is 0. The fourth-order valence-corrected chi connectivity index (χ4v) is 3.07. The highest BCUT2D eigenvalue weighted by Gasteiger charge is 2.19. The van der Waals surface area contributed by atoms with Gasteiger partial charge in [0.1, 0.15) is 11.5 Å². The molecule has 4 heteroatoms. The third-order valence-corrected chi connectivity index (χ3v) is 4.70. The van der Waals surface area contributed by atoms with E-state index in [1.807, 2.05) is 13.8 Å². The number of carbonyl (C=O) groups is 1. The highest BCUT2D eigenvalue weighted by Crippen LogP contribution is 2.30. The van der Waals surface area contributed by atoms with Crippen LogP contribution in [-0.2, 0) is 12.8 Å². The molecule has 4 nitrogen and oxygen atoms in total. The molecule has 1 aliphatic rings. The number of aryl methyl sites for hydroxylation is 2. The topological polar surface area (TPSA) is 69.6 Å². The molecule has 140 valence electrons. The number of carbonyl (C=O) groups excluding carboxylic acids is 1. The molecule has 1 aliphatic heterocycles. The van der Waals surface area contributed by atoms with E-state index in [4.69, 9.17) is 0 Å². The Kier molecular flexibility index (Phi) is 7.67. The van der Waals surface area contributed by atoms with Crippen molar-refractivity contribution in [2.45, 2.75) is 46.0 Å². The standard InChI is InChI=1S/C17H18O3.C5H11N/c1-3-11-7-5-9-13(15(11)18)17(20)14-10-6-8-12(4-2)16(14)19;1-2-4-6-5-3-1/h5-10,18-19H,3-4H2,1-2H3;6H,1-5H2. The van der Waals surface area contributed by atoms with Crippen LogP contribution in [0, 0.1) is 0 Å². The Bertz CT molecular complexity index is 669. The number of para-hydroxylation sites is 2. The minimum atomic E-state index is -0.356. The van der Waals surface area contributed by atoms with E-state index in [9.17, 15) is 15.0 Å². The minimum Gasteiger partial charge on any atom is -0.507 e. The maximum atomic E-state index is 12.5. The predicted octanol–water partition coefficient (Wildman–Crippen LogP) is 4.21. The van der Waals surface area contributed by atoms with Crippen molar-refractivity contribution in [2.75, 3.05) is 13.1 Å². The zero-order chi connectivity index (χ0) is 18.9. The first-order valence-electron chi connectivity index (χ1n) is 9.47. The van der Waals surface area contributed by atoms with Gasteiger partial charge in [0.05, 0.1) is 11.1 Å². The zero-order valence-corrected chi connectivity index (χ0v) is 15.7. The van der Waals surface area contributed by atoms with Gasteiger partial charge in [-0.05, 0) is 62.0 Å². The Morgan fingerprint density at radius 1 is 0.846 bits per heavy atom. The summed E-state index contributed by atoms with van der Waals surface area (Å²) >= 11 is 0. The second kappa shape index (κ2) is 9.97. The van der Waals surface area contributed by atoms with E-state index in [1.165, 1.54) is 32.4 Å². The molecule has 1 saturated heterocycles. The summed E-state index contributed by atoms with van der Waals surface area (Å²) in [4.78, 5) is 12.5. The quantitative estimate of drug-likeness (QED) is 0.719. The van der Waals surface area contributed by atoms with Crippen molar-refractivity contribution in [3.05, 3.63) is 58.7 Å². The van der Waals surface area contributed by atoms with Crippen molar-refractivity contribution in [1.82, 2.24) is 5.32 Å². The Morgan fingerprint density at radius 3 is 1.62 bits per heavy atom. The van der Waals surface area contributed by atoms with Crippen molar-refractivity contribution >= 4 is 5.78 Å². The second-order valence-corrected chi connectivity index (χ2v) is 6.47. The van der Waals surface area contributed by atoms with Gasteiger partial charge in [-0.25, -0.2) is 0 Å². The fourth-order valence-electron chi connectivity index (χ4n) is 3.07. The van der Waals surface area contributed by atoms with Gasteiger partial charge in [0.15, 0.2) is 5.78 Å². The molecule has 3 rings (SSSR count). The summed E-state index contributed by atoms with van der Waals surface area (Å²) in [5.74, 6) is -0.354. The van der Waals surface area contributed by atoms with Crippen molar-refractivity contribution < 1.29 is 15.0 Å². The molecule has 0 radical (unpaired) electrons. The number of hydrogen-bond donors (Lipinski definition) is 3. The lowest BCUT2D eigenvalue weighted by Crippen LogP contribution is -2.21. The number of phenols is 2. The molecule has 1 heterocycles. The highest BCUT2D eigenvalue weighted by atomic mass is 16.3. The van der Waals surface area contributed by atoms with Gasteiger partial charge in [-0.2, -0.15) is 0 Å². The number of aromatic hydroxyl groups is 2. The van der Waals surface area contributed by atoms with Crippen LogP contribution in [0.15, 0.2) is 36.4 Å². The van der Waals surface area contributed by atoms with Gasteiger partial charge in [0.25, 0.3) is 0 Å². The molecule has 0 aromatic heterocycles. The lowest BCUT2D eigenvalue weighted by atomic mass is 9.96. The number of piperidine rings is 1. The molecular weight excluding hydrogens is 326 g/mol. The Balaban J connectivity index is 0.000000342. The Morgan fingerprint density at radius 2 is 1.31 bits per heavy atom. The van der Waals surface area contributed by atoms with Crippen LogP contribution in [0.3, 0.4) is 0 Å². The van der Waals surface area contributed by atoms with Gasteiger partial charge in [-0.1, -0.05) is 44.5 Å². The van der Waals surface area contributed by atoms with E-state index < -0.39 is 0 Å². The van der Waals surface area contributed by atoms with Gasteiger partial charge in [-0.15, -0.1) is 0 Å². The zero-order valence-electron chi connectivity index (χ0n) is 15.7.